The number of benzene rings is 10. The first-order valence-corrected chi connectivity index (χ1v) is 24.4. The molecule has 2 aliphatic heterocycles. The first kappa shape index (κ1) is 37.4. The van der Waals surface area contributed by atoms with Crippen LogP contribution in [0.1, 0.15) is 0 Å². The van der Waals surface area contributed by atoms with Gasteiger partial charge < -0.3 is 14.0 Å². The van der Waals surface area contributed by atoms with Crippen molar-refractivity contribution < 1.29 is 9.39 Å². The molecule has 0 atom stereocenters. The third-order valence-corrected chi connectivity index (χ3v) is 18.5. The van der Waals surface area contributed by atoms with Crippen molar-refractivity contribution in [3.63, 3.8) is 0 Å². The molecule has 5 heteroatoms. The minimum atomic E-state index is -2.88. The fourth-order valence-electron chi connectivity index (χ4n) is 10.9. The normalized spacial score (nSPS) is 12.5. The van der Waals surface area contributed by atoms with Gasteiger partial charge >= 0.3 is 6.92 Å². The van der Waals surface area contributed by atoms with Gasteiger partial charge in [0.15, 0.2) is 8.07 Å². The number of fused-ring (bicyclic) bond motifs is 7. The first-order valence-electron chi connectivity index (χ1n) is 22.4. The lowest BCUT2D eigenvalue weighted by atomic mass is 9.50. The molecule has 304 valence electrons. The summed E-state index contributed by atoms with van der Waals surface area (Å²) in [5.74, 6) is 2.49. The Hall–Kier alpha value is -8.12. The van der Waals surface area contributed by atoms with Crippen LogP contribution in [0, 0.1) is 0 Å². The molecule has 0 unspecified atom stereocenters. The highest BCUT2D eigenvalue weighted by molar-refractivity contribution is 7.20. The van der Waals surface area contributed by atoms with Crippen molar-refractivity contribution in [1.29, 1.82) is 0 Å². The van der Waals surface area contributed by atoms with Crippen molar-refractivity contribution >= 4 is 68.5 Å². The summed E-state index contributed by atoms with van der Waals surface area (Å²) in [6.45, 7) is -0.366. The molecule has 0 fully saturated rings. The van der Waals surface area contributed by atoms with E-state index >= 15 is 0 Å². The van der Waals surface area contributed by atoms with E-state index in [1.165, 1.54) is 48.1 Å². The van der Waals surface area contributed by atoms with Crippen molar-refractivity contribution in [3.05, 3.63) is 243 Å². The lowest BCUT2D eigenvalue weighted by Crippen LogP contribution is -2.75. The average Bonchev–Trinajstić information content (AvgIpc) is 3.72. The topological polar surface area (TPSA) is 23.4 Å². The highest BCUT2D eigenvalue weighted by atomic mass is 28.3. The van der Waals surface area contributed by atoms with Crippen LogP contribution in [0.2, 0.25) is 0 Å². The third kappa shape index (κ3) is 5.76. The number of aromatic nitrogens is 1. The summed E-state index contributed by atoms with van der Waals surface area (Å²) < 4.78 is 16.6. The summed E-state index contributed by atoms with van der Waals surface area (Å²) in [4.78, 5) is 0. The molecule has 0 aliphatic carbocycles. The minimum Gasteiger partial charge on any atom is -0.551 e. The molecule has 1 aromatic heterocycles. The molecule has 3 heterocycles. The van der Waals surface area contributed by atoms with Gasteiger partial charge in [-0.25, -0.2) is 0 Å². The lowest BCUT2D eigenvalue weighted by molar-refractivity contribution is 0.479. The maximum Gasteiger partial charge on any atom is 0.434 e. The number of hydrogen-bond donors (Lipinski definition) is 0. The minimum absolute atomic E-state index is 0.366. The largest absolute Gasteiger partial charge is 0.551 e. The van der Waals surface area contributed by atoms with E-state index in [1.807, 2.05) is 0 Å². The van der Waals surface area contributed by atoms with E-state index in [9.17, 15) is 0 Å². The van der Waals surface area contributed by atoms with Crippen LogP contribution in [0.3, 0.4) is 0 Å². The molecule has 0 radical (unpaired) electrons. The second-order valence-corrected chi connectivity index (χ2v) is 20.8. The molecule has 0 saturated carbocycles. The van der Waals surface area contributed by atoms with E-state index < -0.39 is 8.07 Å². The van der Waals surface area contributed by atoms with Crippen LogP contribution < -0.4 is 41.1 Å². The maximum atomic E-state index is 7.12. The second-order valence-electron chi connectivity index (χ2n) is 17.1. The Morgan fingerprint density at radius 1 is 0.369 bits per heavy atom. The molecule has 0 bridgehead atoms. The van der Waals surface area contributed by atoms with Crippen LogP contribution >= 0.6 is 0 Å². The molecule has 0 saturated heterocycles. The zero-order valence-corrected chi connectivity index (χ0v) is 36.4. The summed E-state index contributed by atoms with van der Waals surface area (Å²) in [5.41, 5.74) is 12.3. The Morgan fingerprint density at radius 2 is 0.908 bits per heavy atom. The van der Waals surface area contributed by atoms with E-state index in [2.05, 4.69) is 247 Å². The van der Waals surface area contributed by atoms with Crippen molar-refractivity contribution in [2.75, 3.05) is 0 Å². The van der Waals surface area contributed by atoms with Gasteiger partial charge in [-0.15, -0.1) is 0 Å². The third-order valence-electron chi connectivity index (χ3n) is 13.6. The monoisotopic (exact) mass is 845 g/mol. The predicted octanol–water partition coefficient (Wildman–Crippen LogP) is 10.8. The van der Waals surface area contributed by atoms with Crippen LogP contribution in [0.15, 0.2) is 243 Å². The molecule has 11 aromatic rings. The lowest BCUT2D eigenvalue weighted by Gasteiger charge is -2.36. The SMILES string of the molecule is c1ccc([Si](c2ccccc2)(c2ccccc2)c2ccccc2-c2cc3c4c(c2)-c2ccccc2OB4c2cc(-c4ccccc4-n4c5ccccc5c5ccccc54)ccc2O3)cc1. The van der Waals surface area contributed by atoms with E-state index in [4.69, 9.17) is 9.39 Å². The quantitative estimate of drug-likeness (QED) is 0.118. The number of rotatable bonds is 7. The summed E-state index contributed by atoms with van der Waals surface area (Å²) in [5, 5.41) is 7.82. The number of ether oxygens (including phenoxy) is 1. The summed E-state index contributed by atoms with van der Waals surface area (Å²) in [6.07, 6.45) is 0. The van der Waals surface area contributed by atoms with Crippen LogP contribution in [0.25, 0.3) is 60.9 Å². The van der Waals surface area contributed by atoms with E-state index in [-0.39, 0.29) is 6.92 Å². The van der Waals surface area contributed by atoms with Gasteiger partial charge in [0.25, 0.3) is 0 Å². The van der Waals surface area contributed by atoms with Gasteiger partial charge in [-0.2, -0.15) is 0 Å². The smallest absolute Gasteiger partial charge is 0.434 e. The fourth-order valence-corrected chi connectivity index (χ4v) is 15.9. The molecule has 13 rings (SSSR count). The Kier molecular flexibility index (Phi) is 8.65. The van der Waals surface area contributed by atoms with E-state index in [0.717, 1.165) is 61.7 Å². The van der Waals surface area contributed by atoms with Gasteiger partial charge in [0.05, 0.1) is 16.7 Å². The Morgan fingerprint density at radius 3 is 1.57 bits per heavy atom. The highest BCUT2D eigenvalue weighted by Crippen LogP contribution is 2.43. The molecule has 3 nitrogen and oxygen atoms in total. The zero-order chi connectivity index (χ0) is 42.9. The molecule has 0 spiro atoms. The Balaban J connectivity index is 0.998. The van der Waals surface area contributed by atoms with Gasteiger partial charge in [0, 0.05) is 32.8 Å². The predicted molar refractivity (Wildman–Crippen MR) is 273 cm³/mol. The van der Waals surface area contributed by atoms with E-state index in [0.29, 0.717) is 0 Å². The molecule has 10 aromatic carbocycles. The molecular formula is C60H40BNO2Si. The summed E-state index contributed by atoms with van der Waals surface area (Å²) in [7, 11) is -2.88. The van der Waals surface area contributed by atoms with Crippen LogP contribution in [-0.4, -0.2) is 19.6 Å². The van der Waals surface area contributed by atoms with Crippen molar-refractivity contribution in [2.45, 2.75) is 0 Å². The average molecular weight is 846 g/mol. The first-order chi connectivity index (χ1) is 32.3. The Bertz CT molecular complexity index is 3470. The summed E-state index contributed by atoms with van der Waals surface area (Å²) >= 11 is 0. The van der Waals surface area contributed by atoms with Crippen molar-refractivity contribution in [3.8, 4) is 56.3 Å². The van der Waals surface area contributed by atoms with Gasteiger partial charge in [0.1, 0.15) is 17.2 Å². The van der Waals surface area contributed by atoms with E-state index in [1.54, 1.807) is 0 Å². The number of para-hydroxylation sites is 4. The number of hydrogen-bond acceptors (Lipinski definition) is 2. The molecule has 0 N–H and O–H groups in total. The molecule has 65 heavy (non-hydrogen) atoms. The second kappa shape index (κ2) is 15.0. The van der Waals surface area contributed by atoms with Crippen molar-refractivity contribution in [2.24, 2.45) is 0 Å². The zero-order valence-electron chi connectivity index (χ0n) is 35.4. The maximum absolute atomic E-state index is 7.12. The molecular weight excluding hydrogens is 806 g/mol. The van der Waals surface area contributed by atoms with Gasteiger partial charge in [-0.1, -0.05) is 200 Å². The van der Waals surface area contributed by atoms with Gasteiger partial charge in [0.2, 0.25) is 0 Å². The highest BCUT2D eigenvalue weighted by Gasteiger charge is 2.44. The van der Waals surface area contributed by atoms with Gasteiger partial charge in [-0.3, -0.25) is 0 Å². The van der Waals surface area contributed by atoms with Crippen molar-refractivity contribution in [1.82, 2.24) is 4.57 Å². The standard InChI is InChI=1S/C60H40BNO2Si/c1-4-20-43(21-5-1)65(44-22-6-2-7-23-44,45-24-8-3-9-25-45)59-35-19-14-27-47(59)42-38-51-50-30-13-18-34-56(50)64-61-52-39-41(36-37-57(52)63-58(40-42)60(51)61)46-26-10-15-31-53(46)62-54-32-16-11-28-48(54)49-29-12-17-33-55(49)62/h1-40H. The number of nitrogens with zero attached hydrogens (tertiary/aromatic N) is 1. The van der Waals surface area contributed by atoms with Gasteiger partial charge in [-0.05, 0) is 85.5 Å². The molecule has 0 amide bonds. The molecule has 2 aliphatic rings. The fraction of sp³-hybridized carbons (Fsp3) is 0. The summed E-state index contributed by atoms with van der Waals surface area (Å²) in [6, 6.07) is 88.4. The van der Waals surface area contributed by atoms with Crippen LogP contribution in [0.5, 0.6) is 17.2 Å². The van der Waals surface area contributed by atoms with Crippen LogP contribution in [-0.2, 0) is 0 Å². The Labute approximate surface area is 379 Å². The van der Waals surface area contributed by atoms with Crippen LogP contribution in [0.4, 0.5) is 0 Å².